The zero-order chi connectivity index (χ0) is 18.2. The van der Waals surface area contributed by atoms with E-state index in [0.29, 0.717) is 17.1 Å². The minimum atomic E-state index is -0.999. The van der Waals surface area contributed by atoms with E-state index in [-0.39, 0.29) is 18.0 Å². The van der Waals surface area contributed by atoms with Crippen molar-refractivity contribution in [3.05, 3.63) is 65.2 Å². The first-order valence-corrected chi connectivity index (χ1v) is 7.53. The Morgan fingerprint density at radius 2 is 1.84 bits per heavy atom. The van der Waals surface area contributed by atoms with Gasteiger partial charge in [-0.25, -0.2) is 4.79 Å². The Morgan fingerprint density at radius 1 is 1.08 bits per heavy atom. The topological polar surface area (TPSA) is 84.9 Å². The summed E-state index contributed by atoms with van der Waals surface area (Å²) in [5.41, 5.74) is 1.70. The maximum Gasteiger partial charge on any atom is 0.335 e. The van der Waals surface area contributed by atoms with E-state index >= 15 is 0 Å². The molecule has 0 radical (unpaired) electrons. The number of amides is 1. The number of carbonyl (C=O) groups excluding carboxylic acids is 1. The molecule has 0 aliphatic heterocycles. The lowest BCUT2D eigenvalue weighted by Crippen LogP contribution is -2.20. The molecule has 2 aromatic carbocycles. The minimum Gasteiger partial charge on any atom is -0.493 e. The van der Waals surface area contributed by atoms with E-state index in [4.69, 9.17) is 14.6 Å². The van der Waals surface area contributed by atoms with Crippen LogP contribution in [0, 0.1) is 0 Å². The van der Waals surface area contributed by atoms with Crippen molar-refractivity contribution >= 4 is 18.0 Å². The number of carboxylic acids is 1. The molecule has 2 rings (SSSR count). The minimum absolute atomic E-state index is 0.188. The number of carbonyl (C=O) groups is 2. The van der Waals surface area contributed by atoms with Gasteiger partial charge in [-0.2, -0.15) is 0 Å². The van der Waals surface area contributed by atoms with E-state index in [1.165, 1.54) is 18.2 Å². The molecule has 130 valence electrons. The maximum absolute atomic E-state index is 11.9. The van der Waals surface area contributed by atoms with Gasteiger partial charge in [0, 0.05) is 12.6 Å². The summed E-state index contributed by atoms with van der Waals surface area (Å²) in [4.78, 5) is 22.8. The molecule has 0 aliphatic carbocycles. The highest BCUT2D eigenvalue weighted by Gasteiger charge is 2.05. The molecule has 0 aliphatic rings. The molecule has 2 aromatic rings. The van der Waals surface area contributed by atoms with Crippen molar-refractivity contribution in [2.75, 3.05) is 14.2 Å². The Labute approximate surface area is 145 Å². The van der Waals surface area contributed by atoms with Gasteiger partial charge in [0.05, 0.1) is 19.8 Å². The van der Waals surface area contributed by atoms with Gasteiger partial charge in [0.15, 0.2) is 11.5 Å². The van der Waals surface area contributed by atoms with Crippen molar-refractivity contribution in [2.24, 2.45) is 0 Å². The van der Waals surface area contributed by atoms with Crippen LogP contribution in [0.2, 0.25) is 0 Å². The van der Waals surface area contributed by atoms with Crippen LogP contribution in [0.4, 0.5) is 0 Å². The lowest BCUT2D eigenvalue weighted by Gasteiger charge is -2.07. The van der Waals surface area contributed by atoms with Crippen LogP contribution >= 0.6 is 0 Å². The van der Waals surface area contributed by atoms with Gasteiger partial charge in [-0.1, -0.05) is 18.2 Å². The van der Waals surface area contributed by atoms with Crippen LogP contribution in [0.3, 0.4) is 0 Å². The van der Waals surface area contributed by atoms with E-state index in [2.05, 4.69) is 5.32 Å². The molecule has 6 heteroatoms. The third kappa shape index (κ3) is 5.10. The average Bonchev–Trinajstić information content (AvgIpc) is 2.64. The number of hydrogen-bond acceptors (Lipinski definition) is 4. The molecular formula is C19H19NO5. The van der Waals surface area contributed by atoms with Crippen LogP contribution < -0.4 is 14.8 Å². The fourth-order valence-corrected chi connectivity index (χ4v) is 2.19. The summed E-state index contributed by atoms with van der Waals surface area (Å²) in [6, 6.07) is 11.8. The molecular weight excluding hydrogens is 322 g/mol. The largest absolute Gasteiger partial charge is 0.493 e. The summed E-state index contributed by atoms with van der Waals surface area (Å²) in [7, 11) is 3.10. The van der Waals surface area contributed by atoms with Gasteiger partial charge in [-0.3, -0.25) is 4.79 Å². The SMILES string of the molecule is COc1ccc(/C=C/C(=O)NCc2cccc(C(=O)O)c2)cc1OC. The second kappa shape index (κ2) is 8.54. The second-order valence-electron chi connectivity index (χ2n) is 5.17. The Kier molecular flexibility index (Phi) is 6.17. The molecule has 0 heterocycles. The molecule has 0 fully saturated rings. The van der Waals surface area contributed by atoms with E-state index in [1.54, 1.807) is 44.6 Å². The van der Waals surface area contributed by atoms with Gasteiger partial charge < -0.3 is 19.9 Å². The highest BCUT2D eigenvalue weighted by atomic mass is 16.5. The Hall–Kier alpha value is -3.28. The van der Waals surface area contributed by atoms with Crippen molar-refractivity contribution < 1.29 is 24.2 Å². The van der Waals surface area contributed by atoms with Crippen LogP contribution in [0.5, 0.6) is 11.5 Å². The molecule has 1 amide bonds. The third-order valence-corrected chi connectivity index (χ3v) is 3.48. The molecule has 0 saturated heterocycles. The second-order valence-corrected chi connectivity index (χ2v) is 5.17. The normalized spacial score (nSPS) is 10.5. The summed E-state index contributed by atoms with van der Waals surface area (Å²) in [6.07, 6.45) is 3.06. The van der Waals surface area contributed by atoms with Gasteiger partial charge in [-0.15, -0.1) is 0 Å². The first-order valence-electron chi connectivity index (χ1n) is 7.53. The lowest BCUT2D eigenvalue weighted by atomic mass is 10.1. The van der Waals surface area contributed by atoms with Gasteiger partial charge in [0.1, 0.15) is 0 Å². The number of aromatic carboxylic acids is 1. The van der Waals surface area contributed by atoms with Crippen LogP contribution in [-0.4, -0.2) is 31.2 Å². The predicted molar refractivity (Wildman–Crippen MR) is 93.8 cm³/mol. The molecule has 0 saturated carbocycles. The first-order chi connectivity index (χ1) is 12.0. The van der Waals surface area contributed by atoms with Gasteiger partial charge in [-0.05, 0) is 41.5 Å². The van der Waals surface area contributed by atoms with Gasteiger partial charge in [0.25, 0.3) is 0 Å². The number of hydrogen-bond donors (Lipinski definition) is 2. The van der Waals surface area contributed by atoms with E-state index in [9.17, 15) is 9.59 Å². The average molecular weight is 341 g/mol. The van der Waals surface area contributed by atoms with Crippen molar-refractivity contribution in [1.29, 1.82) is 0 Å². The van der Waals surface area contributed by atoms with Crippen molar-refractivity contribution in [2.45, 2.75) is 6.54 Å². The quantitative estimate of drug-likeness (QED) is 0.757. The summed E-state index contributed by atoms with van der Waals surface area (Å²) < 4.78 is 10.4. The number of methoxy groups -OCH3 is 2. The summed E-state index contributed by atoms with van der Waals surface area (Å²) >= 11 is 0. The van der Waals surface area contributed by atoms with E-state index < -0.39 is 5.97 Å². The molecule has 0 unspecified atom stereocenters. The smallest absolute Gasteiger partial charge is 0.335 e. The number of benzene rings is 2. The zero-order valence-electron chi connectivity index (χ0n) is 14.0. The Morgan fingerprint density at radius 3 is 2.52 bits per heavy atom. The highest BCUT2D eigenvalue weighted by Crippen LogP contribution is 2.27. The standard InChI is InChI=1S/C19H19NO5/c1-24-16-8-6-13(11-17(16)25-2)7-9-18(21)20-12-14-4-3-5-15(10-14)19(22)23/h3-11H,12H2,1-2H3,(H,20,21)(H,22,23)/b9-7+. The number of ether oxygens (including phenoxy) is 2. The molecule has 0 spiro atoms. The van der Waals surface area contributed by atoms with Crippen LogP contribution in [-0.2, 0) is 11.3 Å². The highest BCUT2D eigenvalue weighted by molar-refractivity contribution is 5.92. The van der Waals surface area contributed by atoms with Crippen molar-refractivity contribution in [1.82, 2.24) is 5.32 Å². The molecule has 2 N–H and O–H groups in total. The van der Waals surface area contributed by atoms with E-state index in [1.807, 2.05) is 6.07 Å². The Balaban J connectivity index is 1.97. The first kappa shape index (κ1) is 18.1. The van der Waals surface area contributed by atoms with Gasteiger partial charge >= 0.3 is 5.97 Å². The molecule has 0 aromatic heterocycles. The van der Waals surface area contributed by atoms with Crippen LogP contribution in [0.1, 0.15) is 21.5 Å². The Bertz CT molecular complexity index is 798. The molecule has 0 atom stereocenters. The molecule has 25 heavy (non-hydrogen) atoms. The van der Waals surface area contributed by atoms with Gasteiger partial charge in [0.2, 0.25) is 5.91 Å². The number of rotatable bonds is 7. The van der Waals surface area contributed by atoms with Crippen molar-refractivity contribution in [3.63, 3.8) is 0 Å². The maximum atomic E-state index is 11.9. The number of nitrogens with one attached hydrogen (secondary N) is 1. The molecule has 0 bridgehead atoms. The zero-order valence-corrected chi connectivity index (χ0v) is 14.0. The molecule has 6 nitrogen and oxygen atoms in total. The summed E-state index contributed by atoms with van der Waals surface area (Å²) in [5, 5.41) is 11.7. The fourth-order valence-electron chi connectivity index (χ4n) is 2.19. The van der Waals surface area contributed by atoms with Crippen LogP contribution in [0.15, 0.2) is 48.5 Å². The van der Waals surface area contributed by atoms with Crippen LogP contribution in [0.25, 0.3) is 6.08 Å². The monoisotopic (exact) mass is 341 g/mol. The number of carboxylic acid groups (broad SMARTS) is 1. The van der Waals surface area contributed by atoms with Crippen molar-refractivity contribution in [3.8, 4) is 11.5 Å². The third-order valence-electron chi connectivity index (χ3n) is 3.48. The summed E-state index contributed by atoms with van der Waals surface area (Å²) in [6.45, 7) is 0.246. The lowest BCUT2D eigenvalue weighted by molar-refractivity contribution is -0.116. The fraction of sp³-hybridized carbons (Fsp3) is 0.158. The summed E-state index contributed by atoms with van der Waals surface area (Å²) in [5.74, 6) is -0.0880. The van der Waals surface area contributed by atoms with E-state index in [0.717, 1.165) is 5.56 Å². The predicted octanol–water partition coefficient (Wildman–Crippen LogP) is 2.73.